The smallest absolute Gasteiger partial charge is 0.239 e. The number of anilines is 2. The van der Waals surface area contributed by atoms with Gasteiger partial charge in [-0.15, -0.1) is 11.3 Å². The van der Waals surface area contributed by atoms with Crippen molar-refractivity contribution >= 4 is 23.1 Å². The Labute approximate surface area is 117 Å². The van der Waals surface area contributed by atoms with Crippen molar-refractivity contribution in [3.05, 3.63) is 34.2 Å². The van der Waals surface area contributed by atoms with Crippen LogP contribution in [-0.2, 0) is 5.41 Å². The molecule has 2 aromatic heterocycles. The van der Waals surface area contributed by atoms with Gasteiger partial charge in [-0.05, 0) is 18.4 Å². The molecule has 0 radical (unpaired) electrons. The molecule has 2 heterocycles. The summed E-state index contributed by atoms with van der Waals surface area (Å²) in [6.45, 7) is 7.13. The van der Waals surface area contributed by atoms with Crippen molar-refractivity contribution in [3.8, 4) is 0 Å². The molecule has 0 aliphatic carbocycles. The standard InChI is InChI=1S/C13H19N5S/c1-9-7-11(17-12(16-9)18-14)15-8-13(2,3)10-5-4-6-19-10/h4-7H,8,14H2,1-3H3,(H2,15,16,17,18). The van der Waals surface area contributed by atoms with Gasteiger partial charge in [-0.2, -0.15) is 4.98 Å². The lowest BCUT2D eigenvalue weighted by Gasteiger charge is -2.24. The Morgan fingerprint density at radius 1 is 1.37 bits per heavy atom. The first-order valence-electron chi connectivity index (χ1n) is 6.11. The predicted octanol–water partition coefficient (Wildman–Crippen LogP) is 2.52. The fourth-order valence-corrected chi connectivity index (χ4v) is 2.64. The second-order valence-corrected chi connectivity index (χ2v) is 6.02. The number of aryl methyl sites for hydroxylation is 1. The third kappa shape index (κ3) is 3.42. The van der Waals surface area contributed by atoms with Crippen LogP contribution in [0.5, 0.6) is 0 Å². The van der Waals surface area contributed by atoms with Gasteiger partial charge in [0, 0.05) is 28.6 Å². The van der Waals surface area contributed by atoms with Crippen LogP contribution in [-0.4, -0.2) is 16.5 Å². The number of nitrogen functional groups attached to an aromatic ring is 1. The van der Waals surface area contributed by atoms with Gasteiger partial charge in [0.15, 0.2) is 0 Å². The van der Waals surface area contributed by atoms with Gasteiger partial charge < -0.3 is 5.32 Å². The predicted molar refractivity (Wildman–Crippen MR) is 80.4 cm³/mol. The summed E-state index contributed by atoms with van der Waals surface area (Å²) in [5, 5.41) is 5.45. The van der Waals surface area contributed by atoms with Crippen LogP contribution in [0, 0.1) is 6.92 Å². The first-order valence-corrected chi connectivity index (χ1v) is 6.99. The fraction of sp³-hybridized carbons (Fsp3) is 0.385. The molecule has 19 heavy (non-hydrogen) atoms. The summed E-state index contributed by atoms with van der Waals surface area (Å²) < 4.78 is 0. The quantitative estimate of drug-likeness (QED) is 0.578. The molecule has 0 aliphatic heterocycles. The third-order valence-electron chi connectivity index (χ3n) is 2.88. The zero-order valence-electron chi connectivity index (χ0n) is 11.4. The molecule has 5 nitrogen and oxygen atoms in total. The summed E-state index contributed by atoms with van der Waals surface area (Å²) in [7, 11) is 0. The summed E-state index contributed by atoms with van der Waals surface area (Å²) in [5.41, 5.74) is 3.41. The van der Waals surface area contributed by atoms with Crippen molar-refractivity contribution in [1.82, 2.24) is 9.97 Å². The van der Waals surface area contributed by atoms with Gasteiger partial charge in [0.25, 0.3) is 0 Å². The Morgan fingerprint density at radius 3 is 2.79 bits per heavy atom. The lowest BCUT2D eigenvalue weighted by molar-refractivity contribution is 0.568. The molecule has 0 unspecified atom stereocenters. The number of hydrogen-bond acceptors (Lipinski definition) is 6. The Hall–Kier alpha value is -1.66. The van der Waals surface area contributed by atoms with Crippen molar-refractivity contribution in [3.63, 3.8) is 0 Å². The number of hydrogen-bond donors (Lipinski definition) is 3. The van der Waals surface area contributed by atoms with Crippen LogP contribution < -0.4 is 16.6 Å². The van der Waals surface area contributed by atoms with Crippen molar-refractivity contribution in [2.45, 2.75) is 26.2 Å². The Kier molecular flexibility index (Phi) is 4.01. The molecule has 0 saturated heterocycles. The maximum Gasteiger partial charge on any atom is 0.239 e. The first kappa shape index (κ1) is 13.8. The molecule has 2 aromatic rings. The summed E-state index contributed by atoms with van der Waals surface area (Å²) in [5.74, 6) is 6.56. The Bertz CT molecular complexity index is 536. The zero-order valence-corrected chi connectivity index (χ0v) is 12.2. The van der Waals surface area contributed by atoms with Crippen LogP contribution in [0.15, 0.2) is 23.6 Å². The van der Waals surface area contributed by atoms with E-state index in [0.717, 1.165) is 18.1 Å². The highest BCUT2D eigenvalue weighted by atomic mass is 32.1. The molecule has 2 rings (SSSR count). The lowest BCUT2D eigenvalue weighted by atomic mass is 9.91. The molecule has 0 spiro atoms. The van der Waals surface area contributed by atoms with E-state index in [2.05, 4.69) is 52.1 Å². The van der Waals surface area contributed by atoms with Crippen molar-refractivity contribution in [1.29, 1.82) is 0 Å². The molecule has 6 heteroatoms. The van der Waals surface area contributed by atoms with Gasteiger partial charge in [0.2, 0.25) is 5.95 Å². The van der Waals surface area contributed by atoms with Crippen LogP contribution in [0.25, 0.3) is 0 Å². The Balaban J connectivity index is 2.08. The van der Waals surface area contributed by atoms with E-state index in [1.165, 1.54) is 4.88 Å². The van der Waals surface area contributed by atoms with E-state index in [4.69, 9.17) is 5.84 Å². The van der Waals surface area contributed by atoms with E-state index in [1.54, 1.807) is 11.3 Å². The third-order valence-corrected chi connectivity index (χ3v) is 4.12. The second-order valence-electron chi connectivity index (χ2n) is 5.08. The molecule has 0 bridgehead atoms. The van der Waals surface area contributed by atoms with Gasteiger partial charge in [0.1, 0.15) is 5.82 Å². The van der Waals surface area contributed by atoms with E-state index in [9.17, 15) is 0 Å². The highest BCUT2D eigenvalue weighted by molar-refractivity contribution is 7.10. The largest absolute Gasteiger partial charge is 0.369 e. The van der Waals surface area contributed by atoms with Gasteiger partial charge >= 0.3 is 0 Å². The fourth-order valence-electron chi connectivity index (χ4n) is 1.79. The van der Waals surface area contributed by atoms with Crippen molar-refractivity contribution in [2.24, 2.45) is 5.84 Å². The zero-order chi connectivity index (χ0) is 13.9. The summed E-state index contributed by atoms with van der Waals surface area (Å²) in [4.78, 5) is 9.79. The van der Waals surface area contributed by atoms with Crippen LogP contribution in [0.1, 0.15) is 24.4 Å². The van der Waals surface area contributed by atoms with E-state index in [1.807, 2.05) is 13.0 Å². The molecule has 0 fully saturated rings. The second kappa shape index (κ2) is 5.54. The van der Waals surface area contributed by atoms with E-state index in [-0.39, 0.29) is 5.41 Å². The number of nitrogens with zero attached hydrogens (tertiary/aromatic N) is 2. The van der Waals surface area contributed by atoms with Crippen LogP contribution in [0.4, 0.5) is 11.8 Å². The van der Waals surface area contributed by atoms with Crippen molar-refractivity contribution in [2.75, 3.05) is 17.3 Å². The van der Waals surface area contributed by atoms with Gasteiger partial charge in [-0.3, -0.25) is 5.43 Å². The SMILES string of the molecule is Cc1cc(NCC(C)(C)c2cccs2)nc(NN)n1. The van der Waals surface area contributed by atoms with Crippen LogP contribution >= 0.6 is 11.3 Å². The summed E-state index contributed by atoms with van der Waals surface area (Å²) in [6, 6.07) is 6.14. The minimum Gasteiger partial charge on any atom is -0.369 e. The first-order chi connectivity index (χ1) is 9.01. The maximum absolute atomic E-state index is 5.35. The van der Waals surface area contributed by atoms with Gasteiger partial charge in [-0.1, -0.05) is 19.9 Å². The molecule has 4 N–H and O–H groups in total. The Morgan fingerprint density at radius 2 is 2.16 bits per heavy atom. The molecule has 0 amide bonds. The number of nitrogens with one attached hydrogen (secondary N) is 2. The number of rotatable bonds is 5. The molecular weight excluding hydrogens is 258 g/mol. The average Bonchev–Trinajstić information content (AvgIpc) is 2.90. The van der Waals surface area contributed by atoms with Gasteiger partial charge in [-0.25, -0.2) is 10.8 Å². The topological polar surface area (TPSA) is 75.9 Å². The highest BCUT2D eigenvalue weighted by Crippen LogP contribution is 2.27. The molecule has 0 aromatic carbocycles. The lowest BCUT2D eigenvalue weighted by Crippen LogP contribution is -2.27. The monoisotopic (exact) mass is 277 g/mol. The average molecular weight is 277 g/mol. The number of aromatic nitrogens is 2. The molecule has 102 valence electrons. The normalized spacial score (nSPS) is 11.4. The maximum atomic E-state index is 5.35. The van der Waals surface area contributed by atoms with E-state index >= 15 is 0 Å². The molecule has 0 atom stereocenters. The minimum atomic E-state index is 0.0589. The van der Waals surface area contributed by atoms with Crippen LogP contribution in [0.2, 0.25) is 0 Å². The number of nitrogens with two attached hydrogens (primary N) is 1. The highest BCUT2D eigenvalue weighted by Gasteiger charge is 2.21. The number of hydrazine groups is 1. The van der Waals surface area contributed by atoms with Gasteiger partial charge in [0.05, 0.1) is 0 Å². The molecule has 0 aliphatic rings. The van der Waals surface area contributed by atoms with Crippen molar-refractivity contribution < 1.29 is 0 Å². The summed E-state index contributed by atoms with van der Waals surface area (Å²) in [6.07, 6.45) is 0. The summed E-state index contributed by atoms with van der Waals surface area (Å²) >= 11 is 1.77. The number of thiophene rings is 1. The molecular formula is C13H19N5S. The minimum absolute atomic E-state index is 0.0589. The van der Waals surface area contributed by atoms with E-state index < -0.39 is 0 Å². The molecule has 0 saturated carbocycles. The van der Waals surface area contributed by atoms with E-state index in [0.29, 0.717) is 5.95 Å². The van der Waals surface area contributed by atoms with Crippen LogP contribution in [0.3, 0.4) is 0 Å².